The van der Waals surface area contributed by atoms with Crippen LogP contribution in [0, 0.1) is 0 Å². The molecule has 6 aromatic rings. The van der Waals surface area contributed by atoms with Gasteiger partial charge in [0.25, 0.3) is 11.8 Å². The van der Waals surface area contributed by atoms with Crippen molar-refractivity contribution in [2.45, 2.75) is 35.7 Å². The number of hydrogen-bond acceptors (Lipinski definition) is 16. The third kappa shape index (κ3) is 10.8. The summed E-state index contributed by atoms with van der Waals surface area (Å²) in [5, 5.41) is 52.2. The zero-order valence-electron chi connectivity index (χ0n) is 33.6. The van der Waals surface area contributed by atoms with E-state index in [4.69, 9.17) is 0 Å². The number of carbonyl (C=O) groups is 2. The van der Waals surface area contributed by atoms with Crippen LogP contribution >= 0.6 is 0 Å². The molecule has 6 aromatic carbocycles. The summed E-state index contributed by atoms with van der Waals surface area (Å²) in [6, 6.07) is 29.0. The van der Waals surface area contributed by atoms with E-state index in [-0.39, 0.29) is 109 Å². The summed E-state index contributed by atoms with van der Waals surface area (Å²) >= 11 is 0. The predicted octanol–water partition coefficient (Wildman–Crippen LogP) is -0.609. The molecule has 18 nitrogen and oxygen atoms in total. The SMILES string of the molecule is CC1=NN(c2ccccc2)C(=O)C1N=Nc1c([O-])cc(S(=O)(=O)[O-])c2ccccc12.CC1=NN(c2ccccc2)C(=O)C1N=Nc1c([O-])cc(S(=O)(=O)[O-])c2ccccc12.[Cr+2].[Na+].[Na+]. The molecular weight excluding hydrogens is 915 g/mol. The van der Waals surface area contributed by atoms with Crippen LogP contribution in [-0.2, 0) is 47.2 Å². The summed E-state index contributed by atoms with van der Waals surface area (Å²) in [5.41, 5.74) is 1.61. The molecule has 0 saturated carbocycles. The molecule has 2 unspecified atom stereocenters. The minimum Gasteiger partial charge on any atom is -0.871 e. The maximum atomic E-state index is 12.7. The van der Waals surface area contributed by atoms with Crippen molar-refractivity contribution in [3.05, 3.63) is 121 Å². The van der Waals surface area contributed by atoms with Crippen LogP contribution in [0.5, 0.6) is 11.5 Å². The summed E-state index contributed by atoms with van der Waals surface area (Å²) in [5.74, 6) is -2.44. The van der Waals surface area contributed by atoms with Crippen molar-refractivity contribution in [3.63, 3.8) is 0 Å². The number of anilines is 2. The molecule has 0 bridgehead atoms. The van der Waals surface area contributed by atoms with E-state index in [2.05, 4.69) is 30.7 Å². The zero-order valence-corrected chi connectivity index (χ0v) is 40.5. The van der Waals surface area contributed by atoms with Gasteiger partial charge in [0.15, 0.2) is 12.1 Å². The van der Waals surface area contributed by atoms with E-state index in [9.17, 15) is 45.7 Å². The van der Waals surface area contributed by atoms with Gasteiger partial charge in [0.2, 0.25) is 0 Å². The molecule has 2 aliphatic heterocycles. The fraction of sp³-hybridized carbons (Fsp3) is 0.100. The van der Waals surface area contributed by atoms with Gasteiger partial charge in [0.05, 0.1) is 44.0 Å². The average Bonchev–Trinajstić information content (AvgIpc) is 3.68. The number of carbonyl (C=O) groups excluding carboxylic acids is 2. The minimum atomic E-state index is -4.86. The van der Waals surface area contributed by atoms with E-state index in [0.29, 0.717) is 22.8 Å². The molecule has 0 saturated heterocycles. The Morgan fingerprint density at radius 2 is 0.825 bits per heavy atom. The van der Waals surface area contributed by atoms with Crippen LogP contribution in [0.25, 0.3) is 21.5 Å². The first-order chi connectivity index (χ1) is 28.5. The molecule has 2 amide bonds. The predicted molar refractivity (Wildman–Crippen MR) is 213 cm³/mol. The number of hydrazone groups is 2. The van der Waals surface area contributed by atoms with Gasteiger partial charge in [-0.3, -0.25) is 9.59 Å². The van der Waals surface area contributed by atoms with Crippen molar-refractivity contribution in [1.82, 2.24) is 0 Å². The number of para-hydroxylation sites is 2. The molecule has 2 atom stereocenters. The Kier molecular flexibility index (Phi) is 16.8. The largest absolute Gasteiger partial charge is 2.00 e. The third-order valence-electron chi connectivity index (χ3n) is 9.17. The van der Waals surface area contributed by atoms with Gasteiger partial charge in [0.1, 0.15) is 20.2 Å². The summed E-state index contributed by atoms with van der Waals surface area (Å²) < 4.78 is 69.1. The van der Waals surface area contributed by atoms with Gasteiger partial charge >= 0.3 is 76.5 Å². The van der Waals surface area contributed by atoms with Crippen LogP contribution in [0.2, 0.25) is 0 Å². The number of hydrogen-bond donors (Lipinski definition) is 0. The van der Waals surface area contributed by atoms with E-state index >= 15 is 0 Å². The van der Waals surface area contributed by atoms with Gasteiger partial charge in [-0.25, -0.2) is 16.8 Å². The molecular formula is C40H28CrN8Na2O10S2. The Morgan fingerprint density at radius 3 is 1.14 bits per heavy atom. The summed E-state index contributed by atoms with van der Waals surface area (Å²) in [6.45, 7) is 3.24. The molecule has 0 radical (unpaired) electrons. The van der Waals surface area contributed by atoms with Gasteiger partial charge in [-0.1, -0.05) is 96.4 Å². The van der Waals surface area contributed by atoms with Crippen molar-refractivity contribution in [1.29, 1.82) is 0 Å². The zero-order chi connectivity index (χ0) is 42.9. The van der Waals surface area contributed by atoms with Crippen molar-refractivity contribution in [3.8, 4) is 11.5 Å². The Bertz CT molecular complexity index is 2870. The summed E-state index contributed by atoms with van der Waals surface area (Å²) in [7, 11) is -9.71. The van der Waals surface area contributed by atoms with Crippen LogP contribution in [0.1, 0.15) is 13.8 Å². The van der Waals surface area contributed by atoms with E-state index in [1.54, 1.807) is 74.5 Å². The monoisotopic (exact) mass is 942 g/mol. The molecule has 308 valence electrons. The molecule has 2 aliphatic rings. The standard InChI is InChI=1S/2C20H16N4O5S.Cr.2Na/c2*1-12-18(20(26)24(23-12)13-7-3-2-4-8-13)21-22-19-15-10-6-5-9-14(15)17(11-16(19)25)30(27,28)29;;;/h2*2-11,18,25H,1H3,(H,27,28,29);;;/q;;+2;2*+1/p-4. The molecule has 0 spiro atoms. The first-order valence-corrected chi connectivity index (χ1v) is 20.4. The molecule has 0 aliphatic carbocycles. The normalized spacial score (nSPS) is 16.3. The van der Waals surface area contributed by atoms with Crippen LogP contribution in [0.4, 0.5) is 22.7 Å². The summed E-state index contributed by atoms with van der Waals surface area (Å²) in [6.07, 6.45) is 0. The molecule has 63 heavy (non-hydrogen) atoms. The van der Waals surface area contributed by atoms with E-state index in [0.717, 1.165) is 12.1 Å². The maximum absolute atomic E-state index is 12.7. The molecule has 8 rings (SSSR count). The quantitative estimate of drug-likeness (QED) is 0.106. The number of amides is 2. The smallest absolute Gasteiger partial charge is 0.871 e. The minimum absolute atomic E-state index is 0. The first kappa shape index (κ1) is 50.9. The number of rotatable bonds is 8. The van der Waals surface area contributed by atoms with Gasteiger partial charge in [0, 0.05) is 21.5 Å². The average molecular weight is 943 g/mol. The van der Waals surface area contributed by atoms with Gasteiger partial charge in [-0.05, 0) is 50.2 Å². The topological polar surface area (TPSA) is 275 Å². The van der Waals surface area contributed by atoms with Crippen molar-refractivity contribution in [2.24, 2.45) is 30.7 Å². The van der Waals surface area contributed by atoms with Crippen molar-refractivity contribution in [2.75, 3.05) is 10.0 Å². The number of azo groups is 2. The van der Waals surface area contributed by atoms with Gasteiger partial charge < -0.3 is 19.3 Å². The summed E-state index contributed by atoms with van der Waals surface area (Å²) in [4.78, 5) is 24.2. The van der Waals surface area contributed by atoms with Crippen LogP contribution in [-0.4, -0.2) is 61.3 Å². The molecule has 2 heterocycles. The Labute approximate surface area is 415 Å². The third-order valence-corrected chi connectivity index (χ3v) is 10.9. The molecule has 0 fully saturated rings. The number of nitrogens with zero attached hydrogens (tertiary/aromatic N) is 8. The van der Waals surface area contributed by atoms with Crippen molar-refractivity contribution < 1.29 is 122 Å². The molecule has 23 heteroatoms. The van der Waals surface area contributed by atoms with Gasteiger partial charge in [-0.15, -0.1) is 0 Å². The Balaban J connectivity index is 0.000000264. The van der Waals surface area contributed by atoms with E-state index < -0.39 is 65.4 Å². The van der Waals surface area contributed by atoms with Crippen LogP contribution in [0.15, 0.2) is 162 Å². The fourth-order valence-corrected chi connectivity index (χ4v) is 7.74. The van der Waals surface area contributed by atoms with Gasteiger partial charge in [-0.2, -0.15) is 40.7 Å². The van der Waals surface area contributed by atoms with Crippen LogP contribution in [0.3, 0.4) is 0 Å². The molecule has 0 N–H and O–H groups in total. The Hall–Kier alpha value is -4.73. The second-order valence-corrected chi connectivity index (χ2v) is 15.8. The Morgan fingerprint density at radius 1 is 0.524 bits per heavy atom. The second kappa shape index (κ2) is 20.8. The van der Waals surface area contributed by atoms with Crippen LogP contribution < -0.4 is 79.3 Å². The van der Waals surface area contributed by atoms with E-state index in [1.165, 1.54) is 46.4 Å². The number of fused-ring (bicyclic) bond motifs is 2. The molecule has 0 aromatic heterocycles. The second-order valence-electron chi connectivity index (χ2n) is 13.1. The van der Waals surface area contributed by atoms with Crippen molar-refractivity contribution >= 4 is 87.8 Å². The first-order valence-electron chi connectivity index (χ1n) is 17.6. The maximum Gasteiger partial charge on any atom is 2.00 e. The van der Waals surface area contributed by atoms with E-state index in [1.807, 2.05) is 12.1 Å². The number of benzene rings is 6. The fourth-order valence-electron chi connectivity index (χ4n) is 6.34.